The van der Waals surface area contributed by atoms with Gasteiger partial charge in [-0.1, -0.05) is 6.07 Å². The molecule has 0 fully saturated rings. The predicted octanol–water partition coefficient (Wildman–Crippen LogP) is 1.07. The molecule has 2 rings (SSSR count). The number of nitrogens with two attached hydrogens (primary N) is 1. The molecule has 17 heavy (non-hydrogen) atoms. The maximum absolute atomic E-state index is 5.63. The first kappa shape index (κ1) is 11.6. The minimum absolute atomic E-state index is 0.210. The van der Waals surface area contributed by atoms with E-state index >= 15 is 0 Å². The van der Waals surface area contributed by atoms with E-state index < -0.39 is 0 Å². The third-order valence-corrected chi connectivity index (χ3v) is 2.67. The number of hydrogen-bond donors (Lipinski definition) is 1. The van der Waals surface area contributed by atoms with Crippen LogP contribution >= 0.6 is 11.8 Å². The minimum atomic E-state index is 0.210. The van der Waals surface area contributed by atoms with Crippen LogP contribution in [0.25, 0.3) is 0 Å². The lowest BCUT2D eigenvalue weighted by Gasteiger charge is -2.10. The molecule has 0 amide bonds. The Hall–Kier alpha value is -1.89. The third-order valence-electron chi connectivity index (χ3n) is 1.85. The largest absolute Gasteiger partial charge is 0.368 e. The van der Waals surface area contributed by atoms with Crippen LogP contribution in [0.4, 0.5) is 11.9 Å². The van der Waals surface area contributed by atoms with Crippen LogP contribution in [-0.2, 0) is 0 Å². The molecular formula is C10H12N6S. The second kappa shape index (κ2) is 4.96. The standard InChI is InChI=1S/C10H12N6S/c1-16(2)9-13-8(11)14-10(15-9)17-7-5-3-4-6-12-7/h3-6H,1-2H3,(H2,11,13,14,15). The predicted molar refractivity (Wildman–Crippen MR) is 66.9 cm³/mol. The lowest BCUT2D eigenvalue weighted by atomic mass is 10.5. The zero-order valence-corrected chi connectivity index (χ0v) is 10.3. The second-order valence-corrected chi connectivity index (χ2v) is 4.43. The van der Waals surface area contributed by atoms with Gasteiger partial charge in [0.2, 0.25) is 17.1 Å². The van der Waals surface area contributed by atoms with Crippen molar-refractivity contribution in [2.45, 2.75) is 10.2 Å². The topological polar surface area (TPSA) is 80.8 Å². The van der Waals surface area contributed by atoms with Crippen molar-refractivity contribution < 1.29 is 0 Å². The van der Waals surface area contributed by atoms with Crippen molar-refractivity contribution in [2.24, 2.45) is 0 Å². The highest BCUT2D eigenvalue weighted by molar-refractivity contribution is 7.99. The van der Waals surface area contributed by atoms with Gasteiger partial charge in [0.05, 0.1) is 0 Å². The molecule has 0 bridgehead atoms. The average Bonchev–Trinajstić information content (AvgIpc) is 2.29. The van der Waals surface area contributed by atoms with Crippen molar-refractivity contribution in [3.05, 3.63) is 24.4 Å². The molecule has 6 nitrogen and oxygen atoms in total. The van der Waals surface area contributed by atoms with E-state index in [-0.39, 0.29) is 5.95 Å². The summed E-state index contributed by atoms with van der Waals surface area (Å²) in [6.45, 7) is 0. The lowest BCUT2D eigenvalue weighted by Crippen LogP contribution is -2.15. The molecule has 2 aromatic rings. The van der Waals surface area contributed by atoms with Crippen molar-refractivity contribution in [3.8, 4) is 0 Å². The summed E-state index contributed by atoms with van der Waals surface area (Å²) >= 11 is 1.35. The molecule has 0 atom stereocenters. The molecular weight excluding hydrogens is 236 g/mol. The highest BCUT2D eigenvalue weighted by Crippen LogP contribution is 2.23. The van der Waals surface area contributed by atoms with E-state index in [4.69, 9.17) is 5.73 Å². The van der Waals surface area contributed by atoms with Gasteiger partial charge < -0.3 is 10.6 Å². The van der Waals surface area contributed by atoms with Gasteiger partial charge in [0.25, 0.3) is 0 Å². The van der Waals surface area contributed by atoms with Gasteiger partial charge in [0.15, 0.2) is 0 Å². The number of nitrogens with zero attached hydrogens (tertiary/aromatic N) is 5. The van der Waals surface area contributed by atoms with Gasteiger partial charge in [-0.05, 0) is 23.9 Å². The molecule has 0 aliphatic heterocycles. The summed E-state index contributed by atoms with van der Waals surface area (Å²) in [6.07, 6.45) is 1.72. The number of aromatic nitrogens is 4. The first-order chi connectivity index (χ1) is 8.15. The van der Waals surface area contributed by atoms with E-state index in [1.165, 1.54) is 11.8 Å². The zero-order chi connectivity index (χ0) is 12.3. The average molecular weight is 248 g/mol. The van der Waals surface area contributed by atoms with Crippen LogP contribution in [-0.4, -0.2) is 34.0 Å². The van der Waals surface area contributed by atoms with Crippen molar-refractivity contribution in [3.63, 3.8) is 0 Å². The Bertz CT molecular complexity index is 501. The van der Waals surface area contributed by atoms with Gasteiger partial charge in [-0.25, -0.2) is 4.98 Å². The Kier molecular flexibility index (Phi) is 3.38. The van der Waals surface area contributed by atoms with Gasteiger partial charge in [0.1, 0.15) is 5.03 Å². The maximum Gasteiger partial charge on any atom is 0.230 e. The Morgan fingerprint density at radius 1 is 1.18 bits per heavy atom. The van der Waals surface area contributed by atoms with Gasteiger partial charge in [-0.2, -0.15) is 15.0 Å². The summed E-state index contributed by atoms with van der Waals surface area (Å²) in [7, 11) is 3.70. The van der Waals surface area contributed by atoms with Gasteiger partial charge >= 0.3 is 0 Å². The van der Waals surface area contributed by atoms with Crippen molar-refractivity contribution in [1.82, 2.24) is 19.9 Å². The molecule has 2 N–H and O–H groups in total. The molecule has 0 saturated carbocycles. The highest BCUT2D eigenvalue weighted by atomic mass is 32.2. The van der Waals surface area contributed by atoms with Crippen LogP contribution in [0, 0.1) is 0 Å². The Labute approximate surface area is 103 Å². The molecule has 7 heteroatoms. The Morgan fingerprint density at radius 3 is 2.65 bits per heavy atom. The van der Waals surface area contributed by atoms with Crippen LogP contribution in [0.2, 0.25) is 0 Å². The zero-order valence-electron chi connectivity index (χ0n) is 9.53. The van der Waals surface area contributed by atoms with Gasteiger partial charge in [-0.15, -0.1) is 0 Å². The fraction of sp³-hybridized carbons (Fsp3) is 0.200. The molecule has 0 unspecified atom stereocenters. The van der Waals surface area contributed by atoms with E-state index in [2.05, 4.69) is 19.9 Å². The van der Waals surface area contributed by atoms with E-state index in [0.717, 1.165) is 5.03 Å². The van der Waals surface area contributed by atoms with E-state index in [0.29, 0.717) is 11.1 Å². The van der Waals surface area contributed by atoms with Crippen LogP contribution in [0.3, 0.4) is 0 Å². The summed E-state index contributed by atoms with van der Waals surface area (Å²) in [5, 5.41) is 1.36. The van der Waals surface area contributed by atoms with Crippen molar-refractivity contribution in [1.29, 1.82) is 0 Å². The Morgan fingerprint density at radius 2 is 2.00 bits per heavy atom. The molecule has 0 aliphatic carbocycles. The highest BCUT2D eigenvalue weighted by Gasteiger charge is 2.07. The van der Waals surface area contributed by atoms with Crippen molar-refractivity contribution >= 4 is 23.7 Å². The number of hydrogen-bond acceptors (Lipinski definition) is 7. The number of nitrogen functional groups attached to an aromatic ring is 1. The van der Waals surface area contributed by atoms with Gasteiger partial charge in [-0.3, -0.25) is 0 Å². The normalized spacial score (nSPS) is 10.2. The van der Waals surface area contributed by atoms with Crippen LogP contribution < -0.4 is 10.6 Å². The molecule has 2 aromatic heterocycles. The maximum atomic E-state index is 5.63. The number of rotatable bonds is 3. The second-order valence-electron chi connectivity index (χ2n) is 3.44. The summed E-state index contributed by atoms with van der Waals surface area (Å²) in [4.78, 5) is 18.3. The van der Waals surface area contributed by atoms with E-state index in [1.54, 1.807) is 11.1 Å². The first-order valence-electron chi connectivity index (χ1n) is 4.93. The molecule has 0 spiro atoms. The van der Waals surface area contributed by atoms with Crippen LogP contribution in [0.1, 0.15) is 0 Å². The summed E-state index contributed by atoms with van der Waals surface area (Å²) in [5.41, 5.74) is 5.63. The number of pyridine rings is 1. The monoisotopic (exact) mass is 248 g/mol. The molecule has 88 valence electrons. The van der Waals surface area contributed by atoms with E-state index in [1.807, 2.05) is 32.3 Å². The van der Waals surface area contributed by atoms with E-state index in [9.17, 15) is 0 Å². The number of anilines is 2. The van der Waals surface area contributed by atoms with Crippen molar-refractivity contribution in [2.75, 3.05) is 24.7 Å². The minimum Gasteiger partial charge on any atom is -0.368 e. The van der Waals surface area contributed by atoms with Crippen LogP contribution in [0.5, 0.6) is 0 Å². The fourth-order valence-electron chi connectivity index (χ4n) is 1.11. The molecule has 2 heterocycles. The first-order valence-corrected chi connectivity index (χ1v) is 5.74. The quantitative estimate of drug-likeness (QED) is 0.870. The van der Waals surface area contributed by atoms with Crippen LogP contribution in [0.15, 0.2) is 34.6 Å². The third kappa shape index (κ3) is 3.04. The molecule has 0 radical (unpaired) electrons. The summed E-state index contributed by atoms with van der Waals surface area (Å²) in [6, 6.07) is 5.66. The summed E-state index contributed by atoms with van der Waals surface area (Å²) < 4.78 is 0. The Balaban J connectivity index is 2.27. The fourth-order valence-corrected chi connectivity index (χ4v) is 1.82. The SMILES string of the molecule is CN(C)c1nc(N)nc(Sc2ccccn2)n1. The summed E-state index contributed by atoms with van der Waals surface area (Å²) in [5.74, 6) is 0.748. The molecule has 0 saturated heterocycles. The molecule has 0 aromatic carbocycles. The lowest BCUT2D eigenvalue weighted by molar-refractivity contribution is 0.874. The smallest absolute Gasteiger partial charge is 0.230 e. The molecule has 0 aliphatic rings. The van der Waals surface area contributed by atoms with Gasteiger partial charge in [0, 0.05) is 20.3 Å².